The van der Waals surface area contributed by atoms with Gasteiger partial charge in [0.05, 0.1) is 6.61 Å². The van der Waals surface area contributed by atoms with Crippen molar-refractivity contribution in [3.63, 3.8) is 0 Å². The van der Waals surface area contributed by atoms with Gasteiger partial charge >= 0.3 is 0 Å². The summed E-state index contributed by atoms with van der Waals surface area (Å²) in [6.45, 7) is 3.72. The standard InChI is InChI=1S/C16H25NO/c1-13(11-17)15-8-5-9-16(10-15)18-12-14-6-3-2-4-7-14/h5,8-10,13-14H,2-4,6-7,11-12,17H2,1H3. The minimum atomic E-state index is 0.406. The van der Waals surface area contributed by atoms with E-state index in [1.54, 1.807) is 0 Å². The van der Waals surface area contributed by atoms with Crippen LogP contribution in [-0.2, 0) is 0 Å². The average molecular weight is 247 g/mol. The molecule has 1 aliphatic rings. The lowest BCUT2D eigenvalue weighted by atomic mass is 9.90. The Hall–Kier alpha value is -1.02. The number of rotatable bonds is 5. The zero-order chi connectivity index (χ0) is 12.8. The van der Waals surface area contributed by atoms with Crippen molar-refractivity contribution in [1.29, 1.82) is 0 Å². The first kappa shape index (κ1) is 13.4. The van der Waals surface area contributed by atoms with Crippen LogP contribution >= 0.6 is 0 Å². The lowest BCUT2D eigenvalue weighted by Gasteiger charge is -2.22. The van der Waals surface area contributed by atoms with Gasteiger partial charge in [0.1, 0.15) is 5.75 Å². The molecule has 1 aliphatic carbocycles. The molecule has 0 aromatic heterocycles. The molecule has 0 aliphatic heterocycles. The van der Waals surface area contributed by atoms with Gasteiger partial charge in [-0.2, -0.15) is 0 Å². The van der Waals surface area contributed by atoms with Crippen molar-refractivity contribution in [3.05, 3.63) is 29.8 Å². The fourth-order valence-electron chi connectivity index (χ4n) is 2.61. The van der Waals surface area contributed by atoms with Gasteiger partial charge in [-0.15, -0.1) is 0 Å². The Morgan fingerprint density at radius 3 is 2.78 bits per heavy atom. The van der Waals surface area contributed by atoms with Crippen LogP contribution in [0.1, 0.15) is 50.5 Å². The van der Waals surface area contributed by atoms with E-state index in [1.165, 1.54) is 37.7 Å². The van der Waals surface area contributed by atoms with Gasteiger partial charge in [-0.3, -0.25) is 0 Å². The molecule has 0 saturated heterocycles. The fraction of sp³-hybridized carbons (Fsp3) is 0.625. The van der Waals surface area contributed by atoms with E-state index < -0.39 is 0 Å². The van der Waals surface area contributed by atoms with Gasteiger partial charge in [0.2, 0.25) is 0 Å². The summed E-state index contributed by atoms with van der Waals surface area (Å²) in [5, 5.41) is 0. The summed E-state index contributed by atoms with van der Waals surface area (Å²) in [5.41, 5.74) is 6.98. The van der Waals surface area contributed by atoms with E-state index in [2.05, 4.69) is 31.2 Å². The van der Waals surface area contributed by atoms with Gasteiger partial charge in [-0.1, -0.05) is 38.3 Å². The first-order valence-corrected chi connectivity index (χ1v) is 7.22. The quantitative estimate of drug-likeness (QED) is 0.861. The lowest BCUT2D eigenvalue weighted by Crippen LogP contribution is -2.15. The van der Waals surface area contributed by atoms with E-state index in [4.69, 9.17) is 10.5 Å². The third kappa shape index (κ3) is 3.74. The van der Waals surface area contributed by atoms with Crippen molar-refractivity contribution in [1.82, 2.24) is 0 Å². The molecule has 1 atom stereocenters. The summed E-state index contributed by atoms with van der Waals surface area (Å²) in [6.07, 6.45) is 6.81. The van der Waals surface area contributed by atoms with Gasteiger partial charge < -0.3 is 10.5 Å². The van der Waals surface area contributed by atoms with E-state index >= 15 is 0 Å². The smallest absolute Gasteiger partial charge is 0.119 e. The van der Waals surface area contributed by atoms with E-state index in [0.717, 1.165) is 18.3 Å². The summed E-state index contributed by atoms with van der Waals surface area (Å²) in [7, 11) is 0. The van der Waals surface area contributed by atoms with Crippen molar-refractivity contribution >= 4 is 0 Å². The van der Waals surface area contributed by atoms with E-state index in [-0.39, 0.29) is 0 Å². The molecular formula is C16H25NO. The van der Waals surface area contributed by atoms with Gasteiger partial charge in [-0.25, -0.2) is 0 Å². The molecule has 0 amide bonds. The number of benzene rings is 1. The molecule has 0 spiro atoms. The molecule has 0 heterocycles. The summed E-state index contributed by atoms with van der Waals surface area (Å²) in [4.78, 5) is 0. The Bertz CT molecular complexity index is 358. The van der Waals surface area contributed by atoms with Crippen molar-refractivity contribution in [2.24, 2.45) is 11.7 Å². The second kappa shape index (κ2) is 6.79. The summed E-state index contributed by atoms with van der Waals surface area (Å²) < 4.78 is 5.94. The highest BCUT2D eigenvalue weighted by atomic mass is 16.5. The van der Waals surface area contributed by atoms with Gasteiger partial charge in [0.15, 0.2) is 0 Å². The molecule has 0 bridgehead atoms. The molecule has 1 saturated carbocycles. The highest BCUT2D eigenvalue weighted by Gasteiger charge is 2.14. The van der Waals surface area contributed by atoms with Gasteiger partial charge in [0, 0.05) is 0 Å². The summed E-state index contributed by atoms with van der Waals surface area (Å²) >= 11 is 0. The monoisotopic (exact) mass is 247 g/mol. The molecule has 2 heteroatoms. The van der Waals surface area contributed by atoms with Crippen LogP contribution in [0.2, 0.25) is 0 Å². The van der Waals surface area contributed by atoms with E-state index in [1.807, 2.05) is 0 Å². The van der Waals surface area contributed by atoms with Crippen molar-refractivity contribution in [3.8, 4) is 5.75 Å². The molecule has 1 fully saturated rings. The number of ether oxygens (including phenoxy) is 1. The largest absolute Gasteiger partial charge is 0.493 e. The zero-order valence-corrected chi connectivity index (χ0v) is 11.4. The lowest BCUT2D eigenvalue weighted by molar-refractivity contribution is 0.208. The molecule has 1 unspecified atom stereocenters. The molecule has 2 nitrogen and oxygen atoms in total. The third-order valence-electron chi connectivity index (χ3n) is 3.99. The van der Waals surface area contributed by atoms with Crippen LogP contribution in [0.5, 0.6) is 5.75 Å². The Labute approximate surface area is 111 Å². The minimum Gasteiger partial charge on any atom is -0.493 e. The van der Waals surface area contributed by atoms with Crippen LogP contribution in [0, 0.1) is 5.92 Å². The van der Waals surface area contributed by atoms with Crippen LogP contribution in [0.3, 0.4) is 0 Å². The fourth-order valence-corrected chi connectivity index (χ4v) is 2.61. The molecule has 100 valence electrons. The van der Waals surface area contributed by atoms with Gasteiger partial charge in [0.25, 0.3) is 0 Å². The normalized spacial score (nSPS) is 18.6. The number of hydrogen-bond acceptors (Lipinski definition) is 2. The molecule has 1 aromatic carbocycles. The predicted molar refractivity (Wildman–Crippen MR) is 76.0 cm³/mol. The maximum atomic E-state index is 5.94. The first-order valence-electron chi connectivity index (χ1n) is 7.22. The van der Waals surface area contributed by atoms with Crippen molar-refractivity contribution in [2.75, 3.05) is 13.2 Å². The second-order valence-electron chi connectivity index (χ2n) is 5.52. The topological polar surface area (TPSA) is 35.2 Å². The number of hydrogen-bond donors (Lipinski definition) is 1. The summed E-state index contributed by atoms with van der Waals surface area (Å²) in [5.74, 6) is 2.16. The van der Waals surface area contributed by atoms with Crippen molar-refractivity contribution in [2.45, 2.75) is 44.9 Å². The maximum Gasteiger partial charge on any atom is 0.119 e. The van der Waals surface area contributed by atoms with Crippen LogP contribution in [0.15, 0.2) is 24.3 Å². The highest BCUT2D eigenvalue weighted by Crippen LogP contribution is 2.25. The maximum absolute atomic E-state index is 5.94. The Morgan fingerprint density at radius 2 is 2.06 bits per heavy atom. The summed E-state index contributed by atoms with van der Waals surface area (Å²) in [6, 6.07) is 8.39. The molecular weight excluding hydrogens is 222 g/mol. The highest BCUT2D eigenvalue weighted by molar-refractivity contribution is 5.30. The molecule has 2 rings (SSSR count). The van der Waals surface area contributed by atoms with Crippen molar-refractivity contribution < 1.29 is 4.74 Å². The Morgan fingerprint density at radius 1 is 1.28 bits per heavy atom. The third-order valence-corrected chi connectivity index (χ3v) is 3.99. The molecule has 2 N–H and O–H groups in total. The Kier molecular flexibility index (Phi) is 5.06. The van der Waals surface area contributed by atoms with Crippen LogP contribution < -0.4 is 10.5 Å². The Balaban J connectivity index is 1.88. The number of nitrogens with two attached hydrogens (primary N) is 1. The van der Waals surface area contributed by atoms with E-state index in [0.29, 0.717) is 12.5 Å². The van der Waals surface area contributed by atoms with Crippen LogP contribution in [0.4, 0.5) is 0 Å². The van der Waals surface area contributed by atoms with E-state index in [9.17, 15) is 0 Å². The molecule has 18 heavy (non-hydrogen) atoms. The zero-order valence-electron chi connectivity index (χ0n) is 11.4. The molecule has 1 aromatic rings. The predicted octanol–water partition coefficient (Wildman–Crippen LogP) is 3.71. The average Bonchev–Trinajstić information content (AvgIpc) is 2.45. The molecule has 0 radical (unpaired) electrons. The SMILES string of the molecule is CC(CN)c1cccc(OCC2CCCCC2)c1. The van der Waals surface area contributed by atoms with Gasteiger partial charge in [-0.05, 0) is 48.9 Å². The second-order valence-corrected chi connectivity index (χ2v) is 5.52. The van der Waals surface area contributed by atoms with Crippen LogP contribution in [0.25, 0.3) is 0 Å². The van der Waals surface area contributed by atoms with Crippen LogP contribution in [-0.4, -0.2) is 13.2 Å². The first-order chi connectivity index (χ1) is 8.79. The minimum absolute atomic E-state index is 0.406.